The van der Waals surface area contributed by atoms with E-state index >= 15 is 0 Å². The fourth-order valence-corrected chi connectivity index (χ4v) is 2.46. The number of rotatable bonds is 5. The van der Waals surface area contributed by atoms with Gasteiger partial charge >= 0.3 is 0 Å². The standard InChI is InChI=1S/C11H17NO3S/c1-4-12(16(3,13)14)10-6-8-11(9-7-10)15-5-2/h6-9H,4-5H2,1-3H3. The van der Waals surface area contributed by atoms with E-state index in [-0.39, 0.29) is 0 Å². The molecule has 0 aromatic heterocycles. The lowest BCUT2D eigenvalue weighted by molar-refractivity contribution is 0.340. The van der Waals surface area contributed by atoms with Crippen molar-refractivity contribution in [3.8, 4) is 5.75 Å². The predicted octanol–water partition coefficient (Wildman–Crippen LogP) is 1.87. The maximum atomic E-state index is 11.5. The van der Waals surface area contributed by atoms with Crippen LogP contribution in [0.3, 0.4) is 0 Å². The van der Waals surface area contributed by atoms with E-state index in [9.17, 15) is 8.42 Å². The molecule has 0 N–H and O–H groups in total. The van der Waals surface area contributed by atoms with Gasteiger partial charge in [-0.05, 0) is 38.1 Å². The average Bonchev–Trinajstić information content (AvgIpc) is 2.20. The van der Waals surface area contributed by atoms with E-state index in [1.807, 2.05) is 6.92 Å². The molecule has 0 aliphatic carbocycles. The van der Waals surface area contributed by atoms with Crippen molar-refractivity contribution in [3.63, 3.8) is 0 Å². The maximum absolute atomic E-state index is 11.5. The fraction of sp³-hybridized carbons (Fsp3) is 0.455. The number of hydrogen-bond acceptors (Lipinski definition) is 3. The van der Waals surface area contributed by atoms with Crippen molar-refractivity contribution in [2.75, 3.05) is 23.7 Å². The quantitative estimate of drug-likeness (QED) is 0.793. The first kappa shape index (κ1) is 12.8. The first-order chi connectivity index (χ1) is 7.49. The van der Waals surface area contributed by atoms with Gasteiger partial charge in [0.1, 0.15) is 5.75 Å². The molecule has 0 unspecified atom stereocenters. The van der Waals surface area contributed by atoms with Gasteiger partial charge < -0.3 is 4.74 Å². The molecule has 16 heavy (non-hydrogen) atoms. The zero-order chi connectivity index (χ0) is 12.2. The summed E-state index contributed by atoms with van der Waals surface area (Å²) in [6, 6.07) is 7.03. The molecule has 4 nitrogen and oxygen atoms in total. The molecular weight excluding hydrogens is 226 g/mol. The van der Waals surface area contributed by atoms with Crippen molar-refractivity contribution >= 4 is 15.7 Å². The molecule has 0 saturated heterocycles. The highest BCUT2D eigenvalue weighted by atomic mass is 32.2. The van der Waals surface area contributed by atoms with Gasteiger partial charge in [0.2, 0.25) is 10.0 Å². The Bertz CT molecular complexity index is 425. The summed E-state index contributed by atoms with van der Waals surface area (Å²) < 4.78 is 29.6. The Balaban J connectivity index is 2.96. The number of sulfonamides is 1. The number of nitrogens with zero attached hydrogens (tertiary/aromatic N) is 1. The molecule has 90 valence electrons. The Morgan fingerprint density at radius 3 is 2.12 bits per heavy atom. The van der Waals surface area contributed by atoms with E-state index < -0.39 is 10.0 Å². The average molecular weight is 243 g/mol. The maximum Gasteiger partial charge on any atom is 0.232 e. The normalized spacial score (nSPS) is 11.2. The largest absolute Gasteiger partial charge is 0.494 e. The van der Waals surface area contributed by atoms with E-state index in [0.717, 1.165) is 5.75 Å². The molecule has 0 fully saturated rings. The monoisotopic (exact) mass is 243 g/mol. The van der Waals surface area contributed by atoms with Crippen molar-refractivity contribution in [2.45, 2.75) is 13.8 Å². The van der Waals surface area contributed by atoms with Crippen LogP contribution < -0.4 is 9.04 Å². The molecule has 5 heteroatoms. The van der Waals surface area contributed by atoms with Crippen LogP contribution in [0.5, 0.6) is 5.75 Å². The lowest BCUT2D eigenvalue weighted by Gasteiger charge is -2.20. The first-order valence-electron chi connectivity index (χ1n) is 5.19. The SMILES string of the molecule is CCOc1ccc(N(CC)S(C)(=O)=O)cc1. The molecule has 0 saturated carbocycles. The highest BCUT2D eigenvalue weighted by Crippen LogP contribution is 2.21. The number of ether oxygens (including phenoxy) is 1. The van der Waals surface area contributed by atoms with Crippen LogP contribution in [0.25, 0.3) is 0 Å². The Morgan fingerprint density at radius 2 is 1.75 bits per heavy atom. The van der Waals surface area contributed by atoms with E-state index in [4.69, 9.17) is 4.74 Å². The van der Waals surface area contributed by atoms with Gasteiger partial charge in [-0.15, -0.1) is 0 Å². The van der Waals surface area contributed by atoms with Crippen LogP contribution in [0.15, 0.2) is 24.3 Å². The highest BCUT2D eigenvalue weighted by Gasteiger charge is 2.14. The van der Waals surface area contributed by atoms with Gasteiger partial charge in [0.25, 0.3) is 0 Å². The third kappa shape index (κ3) is 3.13. The predicted molar refractivity (Wildman–Crippen MR) is 65.5 cm³/mol. The van der Waals surface area contributed by atoms with Gasteiger partial charge in [-0.25, -0.2) is 8.42 Å². The van der Waals surface area contributed by atoms with Gasteiger partial charge in [-0.1, -0.05) is 0 Å². The van der Waals surface area contributed by atoms with Gasteiger partial charge in [0.05, 0.1) is 18.6 Å². The molecule has 1 aromatic carbocycles. The third-order valence-corrected chi connectivity index (χ3v) is 3.39. The smallest absolute Gasteiger partial charge is 0.232 e. The first-order valence-corrected chi connectivity index (χ1v) is 7.04. The molecule has 0 aliphatic heterocycles. The molecule has 0 spiro atoms. The summed E-state index contributed by atoms with van der Waals surface area (Å²) >= 11 is 0. The van der Waals surface area contributed by atoms with Gasteiger partial charge in [0, 0.05) is 6.54 Å². The zero-order valence-electron chi connectivity index (χ0n) is 9.80. The second-order valence-corrected chi connectivity index (χ2v) is 5.26. The zero-order valence-corrected chi connectivity index (χ0v) is 10.6. The number of hydrogen-bond donors (Lipinski definition) is 0. The lowest BCUT2D eigenvalue weighted by Crippen LogP contribution is -2.29. The third-order valence-electron chi connectivity index (χ3n) is 2.12. The summed E-state index contributed by atoms with van der Waals surface area (Å²) in [6.07, 6.45) is 1.20. The Morgan fingerprint density at radius 1 is 1.19 bits per heavy atom. The molecule has 0 heterocycles. The minimum Gasteiger partial charge on any atom is -0.494 e. The minimum absolute atomic E-state index is 0.423. The summed E-state index contributed by atoms with van der Waals surface area (Å²) in [7, 11) is -3.20. The summed E-state index contributed by atoms with van der Waals surface area (Å²) in [6.45, 7) is 4.73. The molecule has 0 aliphatic rings. The van der Waals surface area contributed by atoms with Crippen LogP contribution in [0.1, 0.15) is 13.8 Å². The topological polar surface area (TPSA) is 46.6 Å². The summed E-state index contributed by atoms with van der Waals surface area (Å²) in [4.78, 5) is 0. The van der Waals surface area contributed by atoms with E-state index in [2.05, 4.69) is 0 Å². The fourth-order valence-electron chi connectivity index (χ4n) is 1.48. The summed E-state index contributed by atoms with van der Waals surface area (Å²) in [5, 5.41) is 0. The minimum atomic E-state index is -3.20. The Kier molecular flexibility index (Phi) is 4.18. The van der Waals surface area contributed by atoms with Crippen molar-refractivity contribution in [2.24, 2.45) is 0 Å². The van der Waals surface area contributed by atoms with Crippen molar-refractivity contribution in [1.82, 2.24) is 0 Å². The van der Waals surface area contributed by atoms with E-state index in [0.29, 0.717) is 18.8 Å². The van der Waals surface area contributed by atoms with E-state index in [1.165, 1.54) is 10.6 Å². The van der Waals surface area contributed by atoms with E-state index in [1.54, 1.807) is 31.2 Å². The molecular formula is C11H17NO3S. The van der Waals surface area contributed by atoms with Crippen molar-refractivity contribution in [3.05, 3.63) is 24.3 Å². The van der Waals surface area contributed by atoms with Crippen molar-refractivity contribution in [1.29, 1.82) is 0 Å². The second kappa shape index (κ2) is 5.21. The molecule has 0 bridgehead atoms. The van der Waals surface area contributed by atoms with Crippen LogP contribution in [0.4, 0.5) is 5.69 Å². The van der Waals surface area contributed by atoms with Gasteiger partial charge in [-0.3, -0.25) is 4.31 Å². The van der Waals surface area contributed by atoms with Crippen LogP contribution in [0.2, 0.25) is 0 Å². The number of benzene rings is 1. The summed E-state index contributed by atoms with van der Waals surface area (Å²) in [5.74, 6) is 0.746. The molecule has 0 atom stereocenters. The molecule has 1 rings (SSSR count). The van der Waals surface area contributed by atoms with Crippen LogP contribution >= 0.6 is 0 Å². The number of anilines is 1. The lowest BCUT2D eigenvalue weighted by atomic mass is 10.3. The summed E-state index contributed by atoms with van der Waals surface area (Å²) in [5.41, 5.74) is 0.661. The highest BCUT2D eigenvalue weighted by molar-refractivity contribution is 7.92. The van der Waals surface area contributed by atoms with Crippen LogP contribution in [-0.4, -0.2) is 27.8 Å². The van der Waals surface area contributed by atoms with Crippen LogP contribution in [0, 0.1) is 0 Å². The molecule has 1 aromatic rings. The Hall–Kier alpha value is -1.23. The molecule has 0 amide bonds. The van der Waals surface area contributed by atoms with Crippen molar-refractivity contribution < 1.29 is 13.2 Å². The Labute approximate surface area is 96.9 Å². The van der Waals surface area contributed by atoms with Gasteiger partial charge in [0.15, 0.2) is 0 Å². The second-order valence-electron chi connectivity index (χ2n) is 3.35. The van der Waals surface area contributed by atoms with Gasteiger partial charge in [-0.2, -0.15) is 0 Å². The molecule has 0 radical (unpaired) electrons. The van der Waals surface area contributed by atoms with Crippen LogP contribution in [-0.2, 0) is 10.0 Å².